The van der Waals surface area contributed by atoms with Gasteiger partial charge in [0.1, 0.15) is 12.0 Å². The van der Waals surface area contributed by atoms with Crippen molar-refractivity contribution in [3.8, 4) is 0 Å². The highest BCUT2D eigenvalue weighted by Crippen LogP contribution is 2.36. The van der Waals surface area contributed by atoms with Gasteiger partial charge in [0.25, 0.3) is 5.69 Å². The van der Waals surface area contributed by atoms with Crippen LogP contribution in [0.4, 0.5) is 11.5 Å². The number of benzene rings is 1. The SMILES string of the molecule is Cc1cc(N[C@@H]2c3ccccc3CC[C@@H]2C)ncc1[N+](=O)[O-]. The number of hydrogen-bond acceptors (Lipinski definition) is 4. The van der Waals surface area contributed by atoms with E-state index in [1.54, 1.807) is 13.0 Å². The molecule has 0 amide bonds. The highest BCUT2D eigenvalue weighted by Gasteiger charge is 2.26. The summed E-state index contributed by atoms with van der Waals surface area (Å²) in [5.74, 6) is 1.18. The molecule has 0 unspecified atom stereocenters. The van der Waals surface area contributed by atoms with Gasteiger partial charge in [-0.05, 0) is 42.9 Å². The van der Waals surface area contributed by atoms with Gasteiger partial charge in [0.05, 0.1) is 11.0 Å². The topological polar surface area (TPSA) is 68.1 Å². The van der Waals surface area contributed by atoms with Crippen LogP contribution in [0.15, 0.2) is 36.5 Å². The molecule has 1 aromatic carbocycles. The van der Waals surface area contributed by atoms with Gasteiger partial charge in [-0.2, -0.15) is 0 Å². The lowest BCUT2D eigenvalue weighted by atomic mass is 9.81. The summed E-state index contributed by atoms with van der Waals surface area (Å²) < 4.78 is 0. The van der Waals surface area contributed by atoms with Crippen molar-refractivity contribution in [2.24, 2.45) is 5.92 Å². The molecule has 5 heteroatoms. The number of pyridine rings is 1. The number of aromatic nitrogens is 1. The van der Waals surface area contributed by atoms with Crippen molar-refractivity contribution in [2.45, 2.75) is 32.7 Å². The largest absolute Gasteiger partial charge is 0.363 e. The molecule has 1 heterocycles. The third kappa shape index (κ3) is 2.66. The second-order valence-corrected chi connectivity index (χ2v) is 5.95. The molecular formula is C17H19N3O2. The first-order valence-corrected chi connectivity index (χ1v) is 7.51. The van der Waals surface area contributed by atoms with Crippen LogP contribution < -0.4 is 5.32 Å². The second-order valence-electron chi connectivity index (χ2n) is 5.95. The Morgan fingerprint density at radius 1 is 1.36 bits per heavy atom. The van der Waals surface area contributed by atoms with Gasteiger partial charge in [-0.15, -0.1) is 0 Å². The van der Waals surface area contributed by atoms with Gasteiger partial charge in [-0.1, -0.05) is 31.2 Å². The van der Waals surface area contributed by atoms with Crippen LogP contribution in [-0.2, 0) is 6.42 Å². The molecule has 1 aliphatic rings. The zero-order chi connectivity index (χ0) is 15.7. The van der Waals surface area contributed by atoms with E-state index < -0.39 is 4.92 Å². The summed E-state index contributed by atoms with van der Waals surface area (Å²) in [6.45, 7) is 3.97. The van der Waals surface area contributed by atoms with Gasteiger partial charge >= 0.3 is 0 Å². The molecule has 3 rings (SSSR count). The van der Waals surface area contributed by atoms with Crippen LogP contribution in [0.3, 0.4) is 0 Å². The Labute approximate surface area is 129 Å². The normalized spacial score (nSPS) is 20.3. The minimum Gasteiger partial charge on any atom is -0.363 e. The maximum absolute atomic E-state index is 10.9. The van der Waals surface area contributed by atoms with E-state index >= 15 is 0 Å². The van der Waals surface area contributed by atoms with Crippen molar-refractivity contribution in [3.05, 3.63) is 63.3 Å². The predicted octanol–water partition coefficient (Wildman–Crippen LogP) is 4.03. The number of fused-ring (bicyclic) bond motifs is 1. The van der Waals surface area contributed by atoms with Crippen LogP contribution in [0.25, 0.3) is 0 Å². The molecule has 5 nitrogen and oxygen atoms in total. The number of aryl methyl sites for hydroxylation is 2. The lowest BCUT2D eigenvalue weighted by Gasteiger charge is -2.32. The molecule has 2 aromatic rings. The molecule has 1 aliphatic carbocycles. The van der Waals surface area contributed by atoms with Gasteiger partial charge in [-0.3, -0.25) is 10.1 Å². The van der Waals surface area contributed by atoms with Gasteiger partial charge in [0, 0.05) is 5.56 Å². The van der Waals surface area contributed by atoms with Crippen molar-refractivity contribution in [3.63, 3.8) is 0 Å². The first kappa shape index (κ1) is 14.5. The quantitative estimate of drug-likeness (QED) is 0.686. The Bertz CT molecular complexity index is 715. The second kappa shape index (κ2) is 5.75. The number of anilines is 1. The lowest BCUT2D eigenvalue weighted by Crippen LogP contribution is -2.25. The number of nitro groups is 1. The minimum absolute atomic E-state index is 0.0580. The molecule has 0 saturated heterocycles. The maximum Gasteiger partial charge on any atom is 0.290 e. The maximum atomic E-state index is 10.9. The number of nitrogens with one attached hydrogen (secondary N) is 1. The van der Waals surface area contributed by atoms with Gasteiger partial charge < -0.3 is 5.32 Å². The molecule has 0 saturated carbocycles. The van der Waals surface area contributed by atoms with Crippen molar-refractivity contribution in [1.82, 2.24) is 4.98 Å². The monoisotopic (exact) mass is 297 g/mol. The van der Waals surface area contributed by atoms with Crippen molar-refractivity contribution in [1.29, 1.82) is 0 Å². The highest BCUT2D eigenvalue weighted by atomic mass is 16.6. The molecule has 114 valence electrons. The first-order chi connectivity index (χ1) is 10.6. The number of nitrogens with zero attached hydrogens (tertiary/aromatic N) is 2. The smallest absolute Gasteiger partial charge is 0.290 e. The van der Waals surface area contributed by atoms with Crippen LogP contribution in [-0.4, -0.2) is 9.91 Å². The highest BCUT2D eigenvalue weighted by molar-refractivity contribution is 5.49. The van der Waals surface area contributed by atoms with Gasteiger partial charge in [0.15, 0.2) is 0 Å². The van der Waals surface area contributed by atoms with E-state index in [2.05, 4.69) is 41.5 Å². The third-order valence-corrected chi connectivity index (χ3v) is 4.41. The zero-order valence-electron chi connectivity index (χ0n) is 12.7. The molecule has 0 aliphatic heterocycles. The summed E-state index contributed by atoms with van der Waals surface area (Å²) in [4.78, 5) is 14.7. The standard InChI is InChI=1S/C17H19N3O2/c1-11-7-8-13-5-3-4-6-14(13)17(11)19-16-9-12(2)15(10-18-16)20(21)22/h3-6,9-11,17H,7-8H2,1-2H3,(H,18,19)/t11-,17-/m0/s1. The van der Waals surface area contributed by atoms with Gasteiger partial charge in [-0.25, -0.2) is 4.98 Å². The van der Waals surface area contributed by atoms with Gasteiger partial charge in [0.2, 0.25) is 0 Å². The summed E-state index contributed by atoms with van der Waals surface area (Å²) in [5, 5.41) is 14.3. The summed E-state index contributed by atoms with van der Waals surface area (Å²) in [7, 11) is 0. The summed E-state index contributed by atoms with van der Waals surface area (Å²) in [5.41, 5.74) is 3.36. The molecule has 22 heavy (non-hydrogen) atoms. The predicted molar refractivity (Wildman–Crippen MR) is 85.9 cm³/mol. The average molecular weight is 297 g/mol. The third-order valence-electron chi connectivity index (χ3n) is 4.41. The fourth-order valence-corrected chi connectivity index (χ4v) is 3.12. The van der Waals surface area contributed by atoms with E-state index in [4.69, 9.17) is 0 Å². The Hall–Kier alpha value is -2.43. The van der Waals surface area contributed by atoms with Crippen molar-refractivity contribution in [2.75, 3.05) is 5.32 Å². The van der Waals surface area contributed by atoms with E-state index in [0.717, 1.165) is 12.8 Å². The molecule has 2 atom stereocenters. The molecule has 1 aromatic heterocycles. The first-order valence-electron chi connectivity index (χ1n) is 7.51. The Kier molecular flexibility index (Phi) is 3.79. The van der Waals surface area contributed by atoms with Crippen LogP contribution >= 0.6 is 0 Å². The Balaban J connectivity index is 1.90. The fourth-order valence-electron chi connectivity index (χ4n) is 3.12. The molecule has 0 radical (unpaired) electrons. The summed E-state index contributed by atoms with van der Waals surface area (Å²) >= 11 is 0. The van der Waals surface area contributed by atoms with Crippen LogP contribution in [0.1, 0.15) is 36.1 Å². The van der Waals surface area contributed by atoms with E-state index in [-0.39, 0.29) is 11.7 Å². The minimum atomic E-state index is -0.398. The van der Waals surface area contributed by atoms with Crippen LogP contribution in [0, 0.1) is 23.0 Å². The lowest BCUT2D eigenvalue weighted by molar-refractivity contribution is -0.385. The molecule has 1 N–H and O–H groups in total. The number of hydrogen-bond donors (Lipinski definition) is 1. The number of rotatable bonds is 3. The van der Waals surface area contributed by atoms with Crippen molar-refractivity contribution >= 4 is 11.5 Å². The zero-order valence-corrected chi connectivity index (χ0v) is 12.7. The molecule has 0 fully saturated rings. The van der Waals surface area contributed by atoms with E-state index in [1.165, 1.54) is 17.3 Å². The van der Waals surface area contributed by atoms with Crippen LogP contribution in [0.5, 0.6) is 0 Å². The van der Waals surface area contributed by atoms with Crippen molar-refractivity contribution < 1.29 is 4.92 Å². The molecule has 0 spiro atoms. The average Bonchev–Trinajstić information content (AvgIpc) is 2.50. The van der Waals surface area contributed by atoms with E-state index in [1.807, 2.05) is 0 Å². The van der Waals surface area contributed by atoms with E-state index in [9.17, 15) is 10.1 Å². The molecule has 0 bridgehead atoms. The van der Waals surface area contributed by atoms with E-state index in [0.29, 0.717) is 17.3 Å². The Morgan fingerprint density at radius 3 is 2.86 bits per heavy atom. The van der Waals surface area contributed by atoms with Crippen LogP contribution in [0.2, 0.25) is 0 Å². The summed E-state index contributed by atoms with van der Waals surface area (Å²) in [6, 6.07) is 10.4. The fraction of sp³-hybridized carbons (Fsp3) is 0.353. The summed E-state index contributed by atoms with van der Waals surface area (Å²) in [6.07, 6.45) is 3.56. The molecular weight excluding hydrogens is 278 g/mol. The Morgan fingerprint density at radius 2 is 2.14 bits per heavy atom.